The van der Waals surface area contributed by atoms with Gasteiger partial charge in [-0.15, -0.1) is 0 Å². The van der Waals surface area contributed by atoms with Crippen molar-refractivity contribution < 1.29 is 4.74 Å². The van der Waals surface area contributed by atoms with Gasteiger partial charge in [-0.2, -0.15) is 0 Å². The van der Waals surface area contributed by atoms with Crippen LogP contribution in [-0.4, -0.2) is 7.11 Å². The molecule has 0 saturated heterocycles. The second-order valence-corrected chi connectivity index (χ2v) is 5.64. The van der Waals surface area contributed by atoms with Gasteiger partial charge < -0.3 is 10.1 Å². The van der Waals surface area contributed by atoms with Gasteiger partial charge in [0, 0.05) is 17.8 Å². The molecule has 0 heterocycles. The molecule has 0 spiro atoms. The molecule has 2 heteroatoms. The predicted octanol–water partition coefficient (Wildman–Crippen LogP) is 5.08. The minimum absolute atomic E-state index is 0.745. The first kappa shape index (κ1) is 14.5. The van der Waals surface area contributed by atoms with E-state index >= 15 is 0 Å². The Balaban J connectivity index is 1.97. The zero-order chi connectivity index (χ0) is 15.5. The highest BCUT2D eigenvalue weighted by molar-refractivity contribution is 5.88. The summed E-state index contributed by atoms with van der Waals surface area (Å²) in [4.78, 5) is 0. The van der Waals surface area contributed by atoms with Gasteiger partial charge in [-0.3, -0.25) is 0 Å². The summed E-state index contributed by atoms with van der Waals surface area (Å²) in [7, 11) is 1.73. The van der Waals surface area contributed by atoms with Crippen LogP contribution in [0.5, 0.6) is 5.75 Å². The summed E-state index contributed by atoms with van der Waals surface area (Å²) in [6.07, 6.45) is 0. The molecule has 112 valence electrons. The van der Waals surface area contributed by atoms with Crippen molar-refractivity contribution in [3.63, 3.8) is 0 Å². The number of anilines is 1. The molecule has 0 unspecified atom stereocenters. The van der Waals surface area contributed by atoms with Crippen molar-refractivity contribution in [1.82, 2.24) is 0 Å². The van der Waals surface area contributed by atoms with E-state index in [0.29, 0.717) is 0 Å². The minimum Gasteiger partial charge on any atom is -0.496 e. The number of hydrogen-bond acceptors (Lipinski definition) is 2. The van der Waals surface area contributed by atoms with E-state index in [9.17, 15) is 0 Å². The van der Waals surface area contributed by atoms with Gasteiger partial charge in [0.1, 0.15) is 5.75 Å². The van der Waals surface area contributed by atoms with E-state index < -0.39 is 0 Å². The topological polar surface area (TPSA) is 21.3 Å². The first-order valence-corrected chi connectivity index (χ1v) is 7.55. The SMILES string of the molecule is COc1ccc2ccccc2c1CNc1cc(C)ccc1C. The maximum atomic E-state index is 5.56. The van der Waals surface area contributed by atoms with Crippen LogP contribution in [0.15, 0.2) is 54.6 Å². The van der Waals surface area contributed by atoms with Crippen molar-refractivity contribution in [3.05, 3.63) is 71.3 Å². The average Bonchev–Trinajstić information content (AvgIpc) is 2.55. The summed E-state index contributed by atoms with van der Waals surface area (Å²) < 4.78 is 5.56. The largest absolute Gasteiger partial charge is 0.496 e. The lowest BCUT2D eigenvalue weighted by atomic mass is 10.0. The highest BCUT2D eigenvalue weighted by Gasteiger charge is 2.08. The lowest BCUT2D eigenvalue weighted by Crippen LogP contribution is -2.04. The van der Waals surface area contributed by atoms with Crippen molar-refractivity contribution in [1.29, 1.82) is 0 Å². The molecule has 0 atom stereocenters. The number of ether oxygens (including phenoxy) is 1. The van der Waals surface area contributed by atoms with E-state index in [1.54, 1.807) is 7.11 Å². The van der Waals surface area contributed by atoms with Crippen LogP contribution < -0.4 is 10.1 Å². The number of fused-ring (bicyclic) bond motifs is 1. The molecular formula is C20H21NO. The predicted molar refractivity (Wildman–Crippen MR) is 93.7 cm³/mol. The smallest absolute Gasteiger partial charge is 0.124 e. The van der Waals surface area contributed by atoms with Crippen LogP contribution in [0.2, 0.25) is 0 Å². The van der Waals surface area contributed by atoms with E-state index in [-0.39, 0.29) is 0 Å². The standard InChI is InChI=1S/C20H21NO/c1-14-8-9-15(2)19(12-14)21-13-18-17-7-5-4-6-16(17)10-11-20(18)22-3/h4-12,21H,13H2,1-3H3. The number of rotatable bonds is 4. The first-order chi connectivity index (χ1) is 10.7. The Morgan fingerprint density at radius 2 is 1.77 bits per heavy atom. The summed E-state index contributed by atoms with van der Waals surface area (Å²) in [5.41, 5.74) is 4.89. The van der Waals surface area contributed by atoms with Crippen molar-refractivity contribution in [3.8, 4) is 5.75 Å². The second-order valence-electron chi connectivity index (χ2n) is 5.64. The molecule has 0 aliphatic rings. The van der Waals surface area contributed by atoms with E-state index in [0.717, 1.165) is 12.3 Å². The molecule has 3 aromatic rings. The van der Waals surface area contributed by atoms with E-state index in [4.69, 9.17) is 4.74 Å². The Bertz CT molecular complexity index is 808. The second kappa shape index (κ2) is 6.10. The first-order valence-electron chi connectivity index (χ1n) is 7.55. The zero-order valence-corrected chi connectivity index (χ0v) is 13.3. The molecule has 0 radical (unpaired) electrons. The van der Waals surface area contributed by atoms with Crippen molar-refractivity contribution in [2.45, 2.75) is 20.4 Å². The molecule has 0 aromatic heterocycles. The zero-order valence-electron chi connectivity index (χ0n) is 13.3. The van der Waals surface area contributed by atoms with Gasteiger partial charge in [-0.05, 0) is 47.9 Å². The van der Waals surface area contributed by atoms with Gasteiger partial charge in [0.25, 0.3) is 0 Å². The number of nitrogens with one attached hydrogen (secondary N) is 1. The van der Waals surface area contributed by atoms with Crippen LogP contribution in [-0.2, 0) is 6.54 Å². The Hall–Kier alpha value is -2.48. The van der Waals surface area contributed by atoms with Crippen molar-refractivity contribution in [2.24, 2.45) is 0 Å². The fourth-order valence-corrected chi connectivity index (χ4v) is 2.80. The molecular weight excluding hydrogens is 270 g/mol. The molecule has 1 N–H and O–H groups in total. The third kappa shape index (κ3) is 2.77. The number of benzene rings is 3. The van der Waals surface area contributed by atoms with Crippen LogP contribution in [0.4, 0.5) is 5.69 Å². The summed E-state index contributed by atoms with van der Waals surface area (Å²) >= 11 is 0. The maximum absolute atomic E-state index is 5.56. The molecule has 0 fully saturated rings. The lowest BCUT2D eigenvalue weighted by Gasteiger charge is -2.15. The molecule has 22 heavy (non-hydrogen) atoms. The fourth-order valence-electron chi connectivity index (χ4n) is 2.80. The van der Waals surface area contributed by atoms with Gasteiger partial charge in [0.15, 0.2) is 0 Å². The van der Waals surface area contributed by atoms with Gasteiger partial charge in [0.2, 0.25) is 0 Å². The Morgan fingerprint density at radius 1 is 0.955 bits per heavy atom. The summed E-state index contributed by atoms with van der Waals surface area (Å²) in [6, 6.07) is 19.1. The van der Waals surface area contributed by atoms with Crippen LogP contribution in [0.1, 0.15) is 16.7 Å². The molecule has 0 amide bonds. The molecule has 3 aromatic carbocycles. The third-order valence-corrected chi connectivity index (χ3v) is 4.07. The van der Waals surface area contributed by atoms with Crippen LogP contribution in [0.25, 0.3) is 10.8 Å². The molecule has 0 bridgehead atoms. The van der Waals surface area contributed by atoms with Crippen LogP contribution in [0.3, 0.4) is 0 Å². The van der Waals surface area contributed by atoms with Gasteiger partial charge in [-0.1, -0.05) is 42.5 Å². The number of methoxy groups -OCH3 is 1. The third-order valence-electron chi connectivity index (χ3n) is 4.07. The van der Waals surface area contributed by atoms with Crippen molar-refractivity contribution in [2.75, 3.05) is 12.4 Å². The Labute approximate surface area is 131 Å². The molecule has 0 saturated carbocycles. The summed E-state index contributed by atoms with van der Waals surface area (Å²) in [5.74, 6) is 0.927. The summed E-state index contributed by atoms with van der Waals surface area (Å²) in [6.45, 7) is 4.99. The van der Waals surface area contributed by atoms with E-state index in [1.807, 2.05) is 6.07 Å². The molecule has 0 aliphatic heterocycles. The highest BCUT2D eigenvalue weighted by Crippen LogP contribution is 2.29. The summed E-state index contributed by atoms with van der Waals surface area (Å²) in [5, 5.41) is 6.03. The van der Waals surface area contributed by atoms with Crippen molar-refractivity contribution >= 4 is 16.5 Å². The average molecular weight is 291 g/mol. The lowest BCUT2D eigenvalue weighted by molar-refractivity contribution is 0.411. The maximum Gasteiger partial charge on any atom is 0.124 e. The normalized spacial score (nSPS) is 10.7. The Morgan fingerprint density at radius 3 is 2.59 bits per heavy atom. The molecule has 3 rings (SSSR count). The fraction of sp³-hybridized carbons (Fsp3) is 0.200. The highest BCUT2D eigenvalue weighted by atomic mass is 16.5. The van der Waals surface area contributed by atoms with Gasteiger partial charge in [0.05, 0.1) is 7.11 Å². The quantitative estimate of drug-likeness (QED) is 0.724. The van der Waals surface area contributed by atoms with Gasteiger partial charge in [-0.25, -0.2) is 0 Å². The van der Waals surface area contributed by atoms with Crippen LogP contribution in [0, 0.1) is 13.8 Å². The number of hydrogen-bond donors (Lipinski definition) is 1. The van der Waals surface area contributed by atoms with E-state index in [1.165, 1.54) is 33.2 Å². The monoisotopic (exact) mass is 291 g/mol. The number of aryl methyl sites for hydroxylation is 2. The van der Waals surface area contributed by atoms with Gasteiger partial charge >= 0.3 is 0 Å². The minimum atomic E-state index is 0.745. The van der Waals surface area contributed by atoms with Crippen LogP contribution >= 0.6 is 0 Å². The Kier molecular flexibility index (Phi) is 4.01. The molecule has 0 aliphatic carbocycles. The molecule has 2 nitrogen and oxygen atoms in total. The van der Waals surface area contributed by atoms with E-state index in [2.05, 4.69) is 67.7 Å².